The molecular formula is C16H16N2O4. The predicted molar refractivity (Wildman–Crippen MR) is 79.9 cm³/mol. The largest absolute Gasteiger partial charge is 0.481 e. The molecule has 0 aliphatic heterocycles. The van der Waals surface area contributed by atoms with E-state index in [4.69, 9.17) is 9.84 Å². The number of ether oxygens (including phenoxy) is 1. The van der Waals surface area contributed by atoms with Gasteiger partial charge < -0.3 is 15.2 Å². The summed E-state index contributed by atoms with van der Waals surface area (Å²) in [6.45, 7) is 0. The van der Waals surface area contributed by atoms with E-state index in [1.165, 1.54) is 7.11 Å². The highest BCUT2D eigenvalue weighted by molar-refractivity contribution is 6.06. The van der Waals surface area contributed by atoms with Crippen LogP contribution in [0.3, 0.4) is 0 Å². The van der Waals surface area contributed by atoms with Gasteiger partial charge in [0.25, 0.3) is 5.91 Å². The number of para-hydroxylation sites is 1. The Hall–Kier alpha value is -2.63. The van der Waals surface area contributed by atoms with Crippen molar-refractivity contribution >= 4 is 22.8 Å². The molecule has 1 aromatic heterocycles. The van der Waals surface area contributed by atoms with Crippen LogP contribution >= 0.6 is 0 Å². The first-order chi connectivity index (χ1) is 10.6. The molecule has 1 saturated carbocycles. The molecule has 22 heavy (non-hydrogen) atoms. The van der Waals surface area contributed by atoms with Gasteiger partial charge >= 0.3 is 5.97 Å². The van der Waals surface area contributed by atoms with Crippen molar-refractivity contribution < 1.29 is 19.4 Å². The fourth-order valence-corrected chi connectivity index (χ4v) is 2.64. The number of fused-ring (bicyclic) bond motifs is 1. The van der Waals surface area contributed by atoms with E-state index in [0.717, 1.165) is 5.39 Å². The van der Waals surface area contributed by atoms with Gasteiger partial charge in [-0.15, -0.1) is 0 Å². The molecule has 1 fully saturated rings. The first kappa shape index (κ1) is 14.3. The normalized spacial score (nSPS) is 20.2. The van der Waals surface area contributed by atoms with Gasteiger partial charge in [0.15, 0.2) is 0 Å². The van der Waals surface area contributed by atoms with Crippen LogP contribution in [0.25, 0.3) is 10.9 Å². The van der Waals surface area contributed by atoms with Crippen LogP contribution in [0.1, 0.15) is 23.2 Å². The Morgan fingerprint density at radius 2 is 2.05 bits per heavy atom. The summed E-state index contributed by atoms with van der Waals surface area (Å²) >= 11 is 0. The van der Waals surface area contributed by atoms with Crippen LogP contribution in [-0.4, -0.2) is 35.1 Å². The third-order valence-corrected chi connectivity index (χ3v) is 3.97. The number of carbonyl (C=O) groups excluding carboxylic acids is 1. The zero-order chi connectivity index (χ0) is 15.7. The zero-order valence-electron chi connectivity index (χ0n) is 12.1. The summed E-state index contributed by atoms with van der Waals surface area (Å²) in [4.78, 5) is 27.6. The van der Waals surface area contributed by atoms with E-state index in [1.54, 1.807) is 6.07 Å². The first-order valence-corrected chi connectivity index (χ1v) is 7.06. The van der Waals surface area contributed by atoms with Gasteiger partial charge in [0.2, 0.25) is 5.88 Å². The SMILES string of the molecule is COc1cc(C(=O)NC2CC(C(=O)O)C2)c2ccccc2n1. The minimum absolute atomic E-state index is 0.0912. The lowest BCUT2D eigenvalue weighted by atomic mass is 9.80. The Morgan fingerprint density at radius 1 is 1.32 bits per heavy atom. The summed E-state index contributed by atoms with van der Waals surface area (Å²) in [7, 11) is 1.50. The van der Waals surface area contributed by atoms with E-state index in [-0.39, 0.29) is 17.9 Å². The van der Waals surface area contributed by atoms with Crippen LogP contribution < -0.4 is 10.1 Å². The van der Waals surface area contributed by atoms with Gasteiger partial charge in [-0.2, -0.15) is 0 Å². The number of amides is 1. The molecule has 6 heteroatoms. The quantitative estimate of drug-likeness (QED) is 0.899. The Labute approximate surface area is 127 Å². The molecule has 0 spiro atoms. The number of nitrogens with zero attached hydrogens (tertiary/aromatic N) is 1. The molecule has 0 bridgehead atoms. The van der Waals surface area contributed by atoms with E-state index < -0.39 is 5.97 Å². The molecule has 1 aliphatic carbocycles. The van der Waals surface area contributed by atoms with Crippen molar-refractivity contribution in [2.45, 2.75) is 18.9 Å². The Morgan fingerprint density at radius 3 is 2.73 bits per heavy atom. The van der Waals surface area contributed by atoms with E-state index in [2.05, 4.69) is 10.3 Å². The number of carboxylic acid groups (broad SMARTS) is 1. The molecule has 1 aromatic carbocycles. The molecule has 2 N–H and O–H groups in total. The number of aliphatic carboxylic acids is 1. The summed E-state index contributed by atoms with van der Waals surface area (Å²) in [6, 6.07) is 8.85. The Bertz CT molecular complexity index is 738. The van der Waals surface area contributed by atoms with Gasteiger partial charge in [-0.3, -0.25) is 9.59 Å². The molecule has 0 saturated heterocycles. The van der Waals surface area contributed by atoms with Gasteiger partial charge in [0, 0.05) is 17.5 Å². The Kier molecular flexibility index (Phi) is 3.66. The van der Waals surface area contributed by atoms with Gasteiger partial charge in [0.1, 0.15) is 0 Å². The van der Waals surface area contributed by atoms with Crippen LogP contribution in [0.4, 0.5) is 0 Å². The number of methoxy groups -OCH3 is 1. The topological polar surface area (TPSA) is 88.5 Å². The molecule has 1 heterocycles. The second kappa shape index (κ2) is 5.63. The second-order valence-corrected chi connectivity index (χ2v) is 5.41. The van der Waals surface area contributed by atoms with Crippen molar-refractivity contribution in [1.29, 1.82) is 0 Å². The van der Waals surface area contributed by atoms with E-state index in [0.29, 0.717) is 29.8 Å². The minimum Gasteiger partial charge on any atom is -0.481 e. The van der Waals surface area contributed by atoms with Crippen LogP contribution in [0, 0.1) is 5.92 Å². The highest BCUT2D eigenvalue weighted by Crippen LogP contribution is 2.28. The van der Waals surface area contributed by atoms with Gasteiger partial charge in [-0.05, 0) is 18.9 Å². The first-order valence-electron chi connectivity index (χ1n) is 7.06. The van der Waals surface area contributed by atoms with Crippen molar-refractivity contribution in [2.75, 3.05) is 7.11 Å². The van der Waals surface area contributed by atoms with E-state index in [1.807, 2.05) is 24.3 Å². The number of hydrogen-bond acceptors (Lipinski definition) is 4. The number of pyridine rings is 1. The van der Waals surface area contributed by atoms with Crippen LogP contribution in [0.5, 0.6) is 5.88 Å². The maximum atomic E-state index is 12.5. The summed E-state index contributed by atoms with van der Waals surface area (Å²) in [5, 5.41) is 12.5. The molecule has 114 valence electrons. The number of nitrogens with one attached hydrogen (secondary N) is 1. The molecule has 6 nitrogen and oxygen atoms in total. The van der Waals surface area contributed by atoms with Crippen molar-refractivity contribution in [3.05, 3.63) is 35.9 Å². The standard InChI is InChI=1S/C16H16N2O4/c1-22-14-8-12(11-4-2-3-5-13(11)18-14)15(19)17-10-6-9(7-10)16(20)21/h2-5,8-10H,6-7H2,1H3,(H,17,19)(H,20,21). The second-order valence-electron chi connectivity index (χ2n) is 5.41. The molecule has 0 atom stereocenters. The van der Waals surface area contributed by atoms with Crippen molar-refractivity contribution in [2.24, 2.45) is 5.92 Å². The van der Waals surface area contributed by atoms with Crippen molar-refractivity contribution in [1.82, 2.24) is 10.3 Å². The third kappa shape index (κ3) is 2.59. The average Bonchev–Trinajstić information content (AvgIpc) is 2.48. The van der Waals surface area contributed by atoms with Gasteiger partial charge in [0.05, 0.1) is 24.1 Å². The maximum absolute atomic E-state index is 12.5. The number of rotatable bonds is 4. The van der Waals surface area contributed by atoms with Crippen LogP contribution in [0.2, 0.25) is 0 Å². The van der Waals surface area contributed by atoms with E-state index >= 15 is 0 Å². The molecule has 1 amide bonds. The predicted octanol–water partition coefficient (Wildman–Crippen LogP) is 1.84. The molecular weight excluding hydrogens is 284 g/mol. The summed E-state index contributed by atoms with van der Waals surface area (Å²) in [5.41, 5.74) is 1.17. The minimum atomic E-state index is -0.804. The number of hydrogen-bond donors (Lipinski definition) is 2. The molecule has 3 rings (SSSR count). The van der Waals surface area contributed by atoms with E-state index in [9.17, 15) is 9.59 Å². The monoisotopic (exact) mass is 300 g/mol. The number of benzene rings is 1. The number of carboxylic acids is 1. The summed E-state index contributed by atoms with van der Waals surface area (Å²) in [6.07, 6.45) is 0.947. The smallest absolute Gasteiger partial charge is 0.306 e. The molecule has 0 radical (unpaired) electrons. The fraction of sp³-hybridized carbons (Fsp3) is 0.312. The lowest BCUT2D eigenvalue weighted by Crippen LogP contribution is -2.46. The third-order valence-electron chi connectivity index (χ3n) is 3.97. The highest BCUT2D eigenvalue weighted by atomic mass is 16.5. The maximum Gasteiger partial charge on any atom is 0.306 e. The lowest BCUT2D eigenvalue weighted by molar-refractivity contribution is -0.145. The van der Waals surface area contributed by atoms with Gasteiger partial charge in [-0.25, -0.2) is 4.98 Å². The van der Waals surface area contributed by atoms with Crippen molar-refractivity contribution in [3.8, 4) is 5.88 Å². The Balaban J connectivity index is 1.83. The summed E-state index contributed by atoms with van der Waals surface area (Å²) < 4.78 is 5.14. The zero-order valence-corrected chi connectivity index (χ0v) is 12.1. The highest BCUT2D eigenvalue weighted by Gasteiger charge is 2.35. The molecule has 0 unspecified atom stereocenters. The average molecular weight is 300 g/mol. The van der Waals surface area contributed by atoms with Crippen LogP contribution in [0.15, 0.2) is 30.3 Å². The fourth-order valence-electron chi connectivity index (χ4n) is 2.64. The summed E-state index contributed by atoms with van der Waals surface area (Å²) in [5.74, 6) is -1.01. The molecule has 1 aliphatic rings. The number of aromatic nitrogens is 1. The van der Waals surface area contributed by atoms with Gasteiger partial charge in [-0.1, -0.05) is 18.2 Å². The number of carbonyl (C=O) groups is 2. The van der Waals surface area contributed by atoms with Crippen molar-refractivity contribution in [3.63, 3.8) is 0 Å². The van der Waals surface area contributed by atoms with Crippen LogP contribution in [-0.2, 0) is 4.79 Å². The lowest BCUT2D eigenvalue weighted by Gasteiger charge is -2.32. The molecule has 2 aromatic rings.